The minimum absolute atomic E-state index is 0.117. The van der Waals surface area contributed by atoms with Crippen molar-refractivity contribution in [2.45, 2.75) is 37.8 Å². The number of carbonyl (C=O) groups excluding carboxylic acids is 2. The third kappa shape index (κ3) is 6.01. The van der Waals surface area contributed by atoms with E-state index >= 15 is 0 Å². The molecule has 1 saturated heterocycles. The van der Waals surface area contributed by atoms with E-state index in [-0.39, 0.29) is 18.3 Å². The van der Waals surface area contributed by atoms with Crippen LogP contribution >= 0.6 is 0 Å². The molecule has 0 radical (unpaired) electrons. The van der Waals surface area contributed by atoms with Crippen molar-refractivity contribution in [1.29, 1.82) is 0 Å². The first-order valence-corrected chi connectivity index (χ1v) is 11.6. The fourth-order valence-electron chi connectivity index (χ4n) is 4.35. The maximum absolute atomic E-state index is 13.1. The van der Waals surface area contributed by atoms with E-state index < -0.39 is 11.7 Å². The van der Waals surface area contributed by atoms with E-state index in [1.165, 1.54) is 12.1 Å². The smallest absolute Gasteiger partial charge is 0.408 e. The molecule has 34 heavy (non-hydrogen) atoms. The number of nitrogens with one attached hydrogen (secondary N) is 1. The van der Waals surface area contributed by atoms with E-state index in [0.717, 1.165) is 16.7 Å². The number of benzene rings is 3. The van der Waals surface area contributed by atoms with Gasteiger partial charge in [-0.15, -0.1) is 0 Å². The molecule has 0 unspecified atom stereocenters. The maximum atomic E-state index is 13.1. The highest BCUT2D eigenvalue weighted by Gasteiger charge is 2.40. The van der Waals surface area contributed by atoms with Gasteiger partial charge in [0.2, 0.25) is 5.91 Å². The highest BCUT2D eigenvalue weighted by atomic mass is 19.1. The molecule has 4 rings (SSSR count). The molecule has 1 aliphatic heterocycles. The lowest BCUT2D eigenvalue weighted by atomic mass is 9.84. The second-order valence-electron chi connectivity index (χ2n) is 8.60. The van der Waals surface area contributed by atoms with Gasteiger partial charge < -0.3 is 15.0 Å². The molecule has 0 aliphatic carbocycles. The van der Waals surface area contributed by atoms with Crippen LogP contribution in [0.1, 0.15) is 36.0 Å². The summed E-state index contributed by atoms with van der Waals surface area (Å²) in [5.41, 5.74) is 2.05. The van der Waals surface area contributed by atoms with Gasteiger partial charge in [0.15, 0.2) is 0 Å². The molecule has 0 saturated carbocycles. The Kier molecular flexibility index (Phi) is 7.58. The maximum Gasteiger partial charge on any atom is 0.408 e. The molecule has 6 heteroatoms. The van der Waals surface area contributed by atoms with Crippen molar-refractivity contribution in [3.8, 4) is 0 Å². The van der Waals surface area contributed by atoms with E-state index in [4.69, 9.17) is 4.74 Å². The van der Waals surface area contributed by atoms with Crippen LogP contribution in [-0.4, -0.2) is 30.0 Å². The van der Waals surface area contributed by atoms with Crippen molar-refractivity contribution in [3.63, 3.8) is 0 Å². The highest BCUT2D eigenvalue weighted by Crippen LogP contribution is 2.37. The van der Waals surface area contributed by atoms with Gasteiger partial charge in [-0.2, -0.15) is 0 Å². The molecule has 0 atom stereocenters. The van der Waals surface area contributed by atoms with Crippen molar-refractivity contribution in [2.75, 3.05) is 13.1 Å². The quantitative estimate of drug-likeness (QED) is 0.527. The molecule has 1 heterocycles. The molecule has 0 spiro atoms. The lowest BCUT2D eigenvalue weighted by Gasteiger charge is -2.41. The van der Waals surface area contributed by atoms with Crippen LogP contribution in [0.2, 0.25) is 0 Å². The number of halogens is 1. The van der Waals surface area contributed by atoms with Gasteiger partial charge in [0.1, 0.15) is 11.4 Å². The van der Waals surface area contributed by atoms with Crippen molar-refractivity contribution in [1.82, 2.24) is 10.2 Å². The van der Waals surface area contributed by atoms with Gasteiger partial charge in [-0.3, -0.25) is 4.79 Å². The topological polar surface area (TPSA) is 58.6 Å². The normalized spacial score (nSPS) is 14.9. The molecular weight excluding hydrogens is 431 g/mol. The number of alkyl carbamates (subject to hydrolysis) is 1. The van der Waals surface area contributed by atoms with Gasteiger partial charge in [-0.25, -0.2) is 9.18 Å². The summed E-state index contributed by atoms with van der Waals surface area (Å²) in [5.74, 6) is -0.203. The number of nitrogens with zero attached hydrogens (tertiary/aromatic N) is 1. The minimum Gasteiger partial charge on any atom is -0.438 e. The second-order valence-corrected chi connectivity index (χ2v) is 8.60. The third-order valence-electron chi connectivity index (χ3n) is 6.33. The van der Waals surface area contributed by atoms with Gasteiger partial charge >= 0.3 is 6.09 Å². The first kappa shape index (κ1) is 23.5. The first-order valence-electron chi connectivity index (χ1n) is 11.6. The fraction of sp³-hybridized carbons (Fsp3) is 0.286. The Morgan fingerprint density at radius 1 is 0.853 bits per heavy atom. The SMILES string of the molecule is O=C(NCc1ccc(F)cc1)OC1(c2ccccc2)CCN(C(=O)CCc2ccccc2)CC1. The Hall–Kier alpha value is -3.67. The largest absolute Gasteiger partial charge is 0.438 e. The lowest BCUT2D eigenvalue weighted by molar-refractivity contribution is -0.135. The van der Waals surface area contributed by atoms with Crippen LogP contribution in [0.3, 0.4) is 0 Å². The molecule has 0 bridgehead atoms. The molecule has 1 fully saturated rings. The number of aryl methyl sites for hydroxylation is 1. The highest BCUT2D eigenvalue weighted by molar-refractivity contribution is 5.76. The summed E-state index contributed by atoms with van der Waals surface area (Å²) in [6.07, 6.45) is 1.69. The Labute approximate surface area is 199 Å². The van der Waals surface area contributed by atoms with E-state index in [0.29, 0.717) is 38.8 Å². The summed E-state index contributed by atoms with van der Waals surface area (Å²) < 4.78 is 19.1. The lowest BCUT2D eigenvalue weighted by Crippen LogP contribution is -2.48. The number of piperidine rings is 1. The molecule has 3 aromatic carbocycles. The third-order valence-corrected chi connectivity index (χ3v) is 6.33. The van der Waals surface area contributed by atoms with Gasteiger partial charge in [0.25, 0.3) is 0 Å². The van der Waals surface area contributed by atoms with E-state index in [9.17, 15) is 14.0 Å². The van der Waals surface area contributed by atoms with E-state index in [1.807, 2.05) is 65.6 Å². The Morgan fingerprint density at radius 3 is 2.12 bits per heavy atom. The molecule has 176 valence electrons. The number of hydrogen-bond donors (Lipinski definition) is 1. The standard InChI is InChI=1S/C28H29FN2O3/c29-25-14-11-23(12-15-25)21-30-27(33)34-28(24-9-5-2-6-10-24)17-19-31(20-18-28)26(32)16-13-22-7-3-1-4-8-22/h1-12,14-15H,13,16-21H2,(H,30,33). The monoisotopic (exact) mass is 460 g/mol. The molecule has 2 amide bonds. The Bertz CT molecular complexity index is 1080. The van der Waals surface area contributed by atoms with Crippen LogP contribution in [0.15, 0.2) is 84.9 Å². The van der Waals surface area contributed by atoms with Crippen LogP contribution in [0.4, 0.5) is 9.18 Å². The zero-order valence-corrected chi connectivity index (χ0v) is 19.1. The van der Waals surface area contributed by atoms with Gasteiger partial charge in [-0.1, -0.05) is 72.8 Å². The van der Waals surface area contributed by atoms with Crippen molar-refractivity contribution >= 4 is 12.0 Å². The zero-order chi connectivity index (χ0) is 23.8. The molecule has 5 nitrogen and oxygen atoms in total. The Balaban J connectivity index is 1.37. The average Bonchev–Trinajstić information content (AvgIpc) is 2.88. The number of likely N-dealkylation sites (tertiary alicyclic amines) is 1. The molecular formula is C28H29FN2O3. The second kappa shape index (κ2) is 11.0. The number of rotatable bonds is 7. The zero-order valence-electron chi connectivity index (χ0n) is 19.1. The van der Waals surface area contributed by atoms with Gasteiger partial charge in [0.05, 0.1) is 0 Å². The average molecular weight is 461 g/mol. The first-order chi connectivity index (χ1) is 16.5. The summed E-state index contributed by atoms with van der Waals surface area (Å²) in [5, 5.41) is 2.77. The fourth-order valence-corrected chi connectivity index (χ4v) is 4.35. The van der Waals surface area contributed by atoms with Crippen LogP contribution in [0, 0.1) is 5.82 Å². The van der Waals surface area contributed by atoms with Crippen molar-refractivity contribution in [3.05, 3.63) is 107 Å². The predicted molar refractivity (Wildman–Crippen MR) is 128 cm³/mol. The van der Waals surface area contributed by atoms with E-state index in [1.54, 1.807) is 12.1 Å². The molecule has 1 aliphatic rings. The Morgan fingerprint density at radius 2 is 1.47 bits per heavy atom. The van der Waals surface area contributed by atoms with Gasteiger partial charge in [0, 0.05) is 38.9 Å². The predicted octanol–water partition coefficient (Wildman–Crippen LogP) is 5.20. The number of hydrogen-bond acceptors (Lipinski definition) is 3. The van der Waals surface area contributed by atoms with E-state index in [2.05, 4.69) is 5.32 Å². The molecule has 1 N–H and O–H groups in total. The summed E-state index contributed by atoms with van der Waals surface area (Å²) in [6.45, 7) is 1.29. The van der Waals surface area contributed by atoms with Gasteiger partial charge in [-0.05, 0) is 35.2 Å². The molecule has 3 aromatic rings. The summed E-state index contributed by atoms with van der Waals surface area (Å²) in [6, 6.07) is 25.7. The van der Waals surface area contributed by atoms with Crippen molar-refractivity contribution in [2.24, 2.45) is 0 Å². The number of amides is 2. The van der Waals surface area contributed by atoms with Crippen LogP contribution in [0.25, 0.3) is 0 Å². The summed E-state index contributed by atoms with van der Waals surface area (Å²) in [7, 11) is 0. The minimum atomic E-state index is -0.801. The number of carbonyl (C=O) groups is 2. The van der Waals surface area contributed by atoms with Crippen molar-refractivity contribution < 1.29 is 18.7 Å². The summed E-state index contributed by atoms with van der Waals surface area (Å²) >= 11 is 0. The van der Waals surface area contributed by atoms with Crippen LogP contribution in [-0.2, 0) is 28.1 Å². The van der Waals surface area contributed by atoms with Crippen LogP contribution < -0.4 is 5.32 Å². The number of ether oxygens (including phenoxy) is 1. The van der Waals surface area contributed by atoms with Crippen LogP contribution in [0.5, 0.6) is 0 Å². The molecule has 0 aromatic heterocycles. The summed E-state index contributed by atoms with van der Waals surface area (Å²) in [4.78, 5) is 27.4.